The topological polar surface area (TPSA) is 47.6 Å². The first-order chi connectivity index (χ1) is 11.7. The molecule has 9 heteroatoms. The van der Waals surface area contributed by atoms with E-state index in [0.29, 0.717) is 12.8 Å². The summed E-state index contributed by atoms with van der Waals surface area (Å²) in [6.45, 7) is -3.10. The molecule has 1 aromatic carbocycles. The lowest BCUT2D eigenvalue weighted by atomic mass is 9.85. The van der Waals surface area contributed by atoms with Gasteiger partial charge in [-0.25, -0.2) is 0 Å². The van der Waals surface area contributed by atoms with E-state index in [0.717, 1.165) is 6.07 Å². The molecule has 1 N–H and O–H groups in total. The van der Waals surface area contributed by atoms with Gasteiger partial charge in [0.2, 0.25) is 0 Å². The molecular formula is C16H18F5NO3. The highest BCUT2D eigenvalue weighted by Crippen LogP contribution is 2.37. The van der Waals surface area contributed by atoms with Crippen molar-refractivity contribution >= 4 is 5.91 Å². The summed E-state index contributed by atoms with van der Waals surface area (Å²) in [4.78, 5) is 12.2. The van der Waals surface area contributed by atoms with Gasteiger partial charge in [0.1, 0.15) is 0 Å². The number of rotatable bonds is 5. The zero-order chi connectivity index (χ0) is 18.6. The Morgan fingerprint density at radius 2 is 1.96 bits per heavy atom. The number of hydrogen-bond acceptors (Lipinski definition) is 3. The van der Waals surface area contributed by atoms with E-state index in [1.165, 1.54) is 19.2 Å². The van der Waals surface area contributed by atoms with Gasteiger partial charge in [0.15, 0.2) is 11.5 Å². The van der Waals surface area contributed by atoms with Crippen molar-refractivity contribution in [2.24, 2.45) is 5.92 Å². The number of ether oxygens (including phenoxy) is 2. The summed E-state index contributed by atoms with van der Waals surface area (Å²) < 4.78 is 72.4. The first kappa shape index (κ1) is 19.3. The number of benzene rings is 1. The molecule has 1 aliphatic rings. The van der Waals surface area contributed by atoms with Crippen molar-refractivity contribution in [1.82, 2.24) is 5.32 Å². The highest BCUT2D eigenvalue weighted by atomic mass is 19.4. The van der Waals surface area contributed by atoms with Crippen LogP contribution in [0.4, 0.5) is 22.0 Å². The number of alkyl halides is 5. The molecule has 1 amide bonds. The summed E-state index contributed by atoms with van der Waals surface area (Å²) in [6, 6.07) is 3.07. The normalized spacial score (nSPS) is 21.1. The van der Waals surface area contributed by atoms with Gasteiger partial charge < -0.3 is 14.8 Å². The van der Waals surface area contributed by atoms with Crippen molar-refractivity contribution in [3.63, 3.8) is 0 Å². The summed E-state index contributed by atoms with van der Waals surface area (Å²) >= 11 is 0. The maximum atomic E-state index is 12.8. The summed E-state index contributed by atoms with van der Waals surface area (Å²) in [5.74, 6) is -2.39. The zero-order valence-corrected chi connectivity index (χ0v) is 13.4. The minimum Gasteiger partial charge on any atom is -0.493 e. The van der Waals surface area contributed by atoms with Crippen LogP contribution in [-0.4, -0.2) is 31.8 Å². The molecule has 0 saturated heterocycles. The Balaban J connectivity index is 2.07. The van der Waals surface area contributed by atoms with E-state index in [1.54, 1.807) is 0 Å². The zero-order valence-electron chi connectivity index (χ0n) is 13.4. The fraction of sp³-hybridized carbons (Fsp3) is 0.562. The van der Waals surface area contributed by atoms with Gasteiger partial charge >= 0.3 is 12.8 Å². The van der Waals surface area contributed by atoms with Crippen LogP contribution in [0.2, 0.25) is 0 Å². The Kier molecular flexibility index (Phi) is 6.07. The van der Waals surface area contributed by atoms with E-state index in [1.807, 2.05) is 0 Å². The molecule has 1 aliphatic carbocycles. The predicted octanol–water partition coefficient (Wildman–Crippen LogP) is 4.15. The molecule has 0 aliphatic heterocycles. The summed E-state index contributed by atoms with van der Waals surface area (Å²) in [5.41, 5.74) is 0.00517. The lowest BCUT2D eigenvalue weighted by Gasteiger charge is -2.31. The molecular weight excluding hydrogens is 349 g/mol. The third-order valence-corrected chi connectivity index (χ3v) is 4.11. The number of halogens is 5. The number of nitrogens with one attached hydrogen (secondary N) is 1. The van der Waals surface area contributed by atoms with Gasteiger partial charge in [0.05, 0.1) is 13.0 Å². The van der Waals surface area contributed by atoms with E-state index >= 15 is 0 Å². The average Bonchev–Trinajstić information content (AvgIpc) is 2.53. The highest BCUT2D eigenvalue weighted by molar-refractivity contribution is 5.95. The third-order valence-electron chi connectivity index (χ3n) is 4.11. The third kappa shape index (κ3) is 5.20. The van der Waals surface area contributed by atoms with E-state index in [-0.39, 0.29) is 29.9 Å². The smallest absolute Gasteiger partial charge is 0.391 e. The van der Waals surface area contributed by atoms with Crippen LogP contribution in [0, 0.1) is 5.92 Å². The Morgan fingerprint density at radius 1 is 1.24 bits per heavy atom. The second kappa shape index (κ2) is 7.88. The SMILES string of the molecule is COc1ccc(C(=O)N[C@@H]2CCC[C@@H](C(F)(F)F)C2)cc1OC(F)F. The minimum absolute atomic E-state index is 0.00517. The number of carbonyl (C=O) groups excluding carboxylic acids is 1. The average molecular weight is 367 g/mol. The van der Waals surface area contributed by atoms with Crippen LogP contribution in [0.1, 0.15) is 36.0 Å². The van der Waals surface area contributed by atoms with E-state index in [2.05, 4.69) is 10.1 Å². The van der Waals surface area contributed by atoms with Crippen molar-refractivity contribution in [3.8, 4) is 11.5 Å². The quantitative estimate of drug-likeness (QED) is 0.796. The van der Waals surface area contributed by atoms with Gasteiger partial charge in [-0.05, 0) is 37.5 Å². The van der Waals surface area contributed by atoms with Crippen LogP contribution < -0.4 is 14.8 Å². The molecule has 0 radical (unpaired) electrons. The van der Waals surface area contributed by atoms with Crippen LogP contribution >= 0.6 is 0 Å². The van der Waals surface area contributed by atoms with Crippen molar-refractivity contribution in [2.75, 3.05) is 7.11 Å². The molecule has 1 saturated carbocycles. The second-order valence-electron chi connectivity index (χ2n) is 5.82. The predicted molar refractivity (Wildman–Crippen MR) is 78.9 cm³/mol. The van der Waals surface area contributed by atoms with Gasteiger partial charge in [0.25, 0.3) is 5.91 Å². The van der Waals surface area contributed by atoms with Crippen LogP contribution in [0.3, 0.4) is 0 Å². The fourth-order valence-corrected chi connectivity index (χ4v) is 2.89. The molecule has 25 heavy (non-hydrogen) atoms. The standard InChI is InChI=1S/C16H18F5NO3/c1-24-12-6-5-9(7-13(12)25-15(17)18)14(23)22-11-4-2-3-10(8-11)16(19,20)21/h5-7,10-11,15H,2-4,8H2,1H3,(H,22,23)/t10-,11-/m1/s1. The molecule has 2 rings (SSSR count). The van der Waals surface area contributed by atoms with Crippen LogP contribution in [0.25, 0.3) is 0 Å². The second-order valence-corrected chi connectivity index (χ2v) is 5.82. The molecule has 0 spiro atoms. The van der Waals surface area contributed by atoms with Crippen molar-refractivity contribution in [2.45, 2.75) is 44.5 Å². The van der Waals surface area contributed by atoms with Gasteiger partial charge in [-0.2, -0.15) is 22.0 Å². The highest BCUT2D eigenvalue weighted by Gasteiger charge is 2.42. The van der Waals surface area contributed by atoms with Crippen LogP contribution in [0.15, 0.2) is 18.2 Å². The Hall–Kier alpha value is -2.06. The van der Waals surface area contributed by atoms with Crippen molar-refractivity contribution in [1.29, 1.82) is 0 Å². The number of methoxy groups -OCH3 is 1. The summed E-state index contributed by atoms with van der Waals surface area (Å²) in [7, 11) is 1.26. The lowest BCUT2D eigenvalue weighted by Crippen LogP contribution is -2.41. The fourth-order valence-electron chi connectivity index (χ4n) is 2.89. The molecule has 0 unspecified atom stereocenters. The Bertz CT molecular complexity index is 606. The number of amides is 1. The maximum Gasteiger partial charge on any atom is 0.391 e. The Morgan fingerprint density at radius 3 is 2.56 bits per heavy atom. The lowest BCUT2D eigenvalue weighted by molar-refractivity contribution is -0.183. The van der Waals surface area contributed by atoms with Gasteiger partial charge in [-0.15, -0.1) is 0 Å². The van der Waals surface area contributed by atoms with Crippen LogP contribution in [-0.2, 0) is 0 Å². The first-order valence-electron chi connectivity index (χ1n) is 7.71. The van der Waals surface area contributed by atoms with E-state index in [4.69, 9.17) is 4.74 Å². The number of hydrogen-bond donors (Lipinski definition) is 1. The largest absolute Gasteiger partial charge is 0.493 e. The van der Waals surface area contributed by atoms with Crippen molar-refractivity contribution in [3.05, 3.63) is 23.8 Å². The molecule has 140 valence electrons. The monoisotopic (exact) mass is 367 g/mol. The minimum atomic E-state index is -4.29. The molecule has 0 heterocycles. The Labute approximate surface area is 141 Å². The van der Waals surface area contributed by atoms with Gasteiger partial charge in [-0.1, -0.05) is 6.42 Å². The molecule has 1 aromatic rings. The van der Waals surface area contributed by atoms with E-state index in [9.17, 15) is 26.7 Å². The molecule has 2 atom stereocenters. The number of carbonyl (C=O) groups is 1. The van der Waals surface area contributed by atoms with Gasteiger partial charge in [-0.3, -0.25) is 4.79 Å². The first-order valence-corrected chi connectivity index (χ1v) is 7.71. The molecule has 4 nitrogen and oxygen atoms in total. The summed E-state index contributed by atoms with van der Waals surface area (Å²) in [5, 5.41) is 2.53. The summed E-state index contributed by atoms with van der Waals surface area (Å²) in [6.07, 6.45) is -3.63. The van der Waals surface area contributed by atoms with Gasteiger partial charge in [0, 0.05) is 11.6 Å². The van der Waals surface area contributed by atoms with E-state index < -0.39 is 30.7 Å². The van der Waals surface area contributed by atoms with Crippen LogP contribution in [0.5, 0.6) is 11.5 Å². The molecule has 0 bridgehead atoms. The molecule has 1 fully saturated rings. The van der Waals surface area contributed by atoms with Crippen molar-refractivity contribution < 1.29 is 36.2 Å². The maximum absolute atomic E-state index is 12.8. The molecule has 0 aromatic heterocycles.